The molecule has 2 unspecified atom stereocenters. The first kappa shape index (κ1) is 55.0. The van der Waals surface area contributed by atoms with Gasteiger partial charge in [0.25, 0.3) is 0 Å². The summed E-state index contributed by atoms with van der Waals surface area (Å²) in [6.07, 6.45) is 49.8. The van der Waals surface area contributed by atoms with Crippen LogP contribution in [0, 0.1) is 0 Å². The van der Waals surface area contributed by atoms with Crippen LogP contribution in [0.3, 0.4) is 0 Å². The number of likely N-dealkylation sites (N-methyl/N-ethyl adjacent to an activating group) is 1. The fraction of sp³-hybridized carbons (Fsp3) is 0.740. The number of allylic oxidation sites excluding steroid dienone is 10. The minimum atomic E-state index is -1.13. The first-order valence-electron chi connectivity index (χ1n) is 23.3. The van der Waals surface area contributed by atoms with Crippen molar-refractivity contribution < 1.29 is 38.2 Å². The number of carboxylic acid groups (broad SMARTS) is 1. The van der Waals surface area contributed by atoms with Crippen molar-refractivity contribution in [3.05, 3.63) is 60.8 Å². The first-order chi connectivity index (χ1) is 28.1. The molecule has 0 fully saturated rings. The average Bonchev–Trinajstić information content (AvgIpc) is 3.18. The number of hydrogen-bond donors (Lipinski definition) is 0. The molecule has 8 nitrogen and oxygen atoms in total. The average molecular weight is 814 g/mol. The Kier molecular flexibility index (Phi) is 38.7. The predicted molar refractivity (Wildman–Crippen MR) is 240 cm³/mol. The smallest absolute Gasteiger partial charge is 0.306 e. The highest BCUT2D eigenvalue weighted by Gasteiger charge is 2.25. The molecule has 0 spiro atoms. The van der Waals surface area contributed by atoms with Crippen LogP contribution in [0.2, 0.25) is 0 Å². The van der Waals surface area contributed by atoms with Gasteiger partial charge in [0, 0.05) is 19.3 Å². The van der Waals surface area contributed by atoms with Crippen LogP contribution in [-0.2, 0) is 28.6 Å². The summed E-state index contributed by atoms with van der Waals surface area (Å²) in [5, 5.41) is 11.6. The van der Waals surface area contributed by atoms with Crippen LogP contribution >= 0.6 is 0 Å². The van der Waals surface area contributed by atoms with Gasteiger partial charge >= 0.3 is 11.9 Å². The molecule has 334 valence electrons. The maximum atomic E-state index is 12.7. The van der Waals surface area contributed by atoms with Crippen molar-refractivity contribution in [2.24, 2.45) is 0 Å². The number of hydrogen-bond acceptors (Lipinski definition) is 7. The SMILES string of the molecule is CC/C=C/C/C=C/C/C=C/CCCCC(=O)OC(COCCC(C(=O)[O-])[N+](C)(C)C)COC(=O)CCCCCCCCC/C=C/C/C=C/CCCCCCCCCC. The van der Waals surface area contributed by atoms with Gasteiger partial charge in [-0.2, -0.15) is 0 Å². The van der Waals surface area contributed by atoms with Crippen LogP contribution in [0.4, 0.5) is 0 Å². The normalized spacial score (nSPS) is 13.5. The highest BCUT2D eigenvalue weighted by Crippen LogP contribution is 2.13. The lowest BCUT2D eigenvalue weighted by molar-refractivity contribution is -0.889. The van der Waals surface area contributed by atoms with Crippen LogP contribution in [0.5, 0.6) is 0 Å². The molecule has 0 aliphatic heterocycles. The molecule has 0 amide bonds. The van der Waals surface area contributed by atoms with Crippen LogP contribution in [0.15, 0.2) is 60.8 Å². The van der Waals surface area contributed by atoms with Gasteiger partial charge in [0.2, 0.25) is 0 Å². The Morgan fingerprint density at radius 2 is 0.966 bits per heavy atom. The molecule has 0 rings (SSSR count). The monoisotopic (exact) mass is 814 g/mol. The van der Waals surface area contributed by atoms with E-state index in [4.69, 9.17) is 14.2 Å². The molecular formula is C50H87NO7. The molecule has 0 aromatic carbocycles. The Morgan fingerprint density at radius 1 is 0.534 bits per heavy atom. The van der Waals surface area contributed by atoms with E-state index in [2.05, 4.69) is 74.6 Å². The molecular weight excluding hydrogens is 727 g/mol. The molecule has 0 heterocycles. The number of esters is 2. The lowest BCUT2D eigenvalue weighted by Gasteiger charge is -2.34. The minimum Gasteiger partial charge on any atom is -0.544 e. The largest absolute Gasteiger partial charge is 0.544 e. The third-order valence-corrected chi connectivity index (χ3v) is 10.1. The number of carbonyl (C=O) groups excluding carboxylic acids is 3. The Morgan fingerprint density at radius 3 is 1.47 bits per heavy atom. The molecule has 58 heavy (non-hydrogen) atoms. The van der Waals surface area contributed by atoms with E-state index < -0.39 is 18.1 Å². The summed E-state index contributed by atoms with van der Waals surface area (Å²) in [5.74, 6) is -1.80. The summed E-state index contributed by atoms with van der Waals surface area (Å²) in [4.78, 5) is 36.8. The number of quaternary nitrogens is 1. The van der Waals surface area contributed by atoms with Gasteiger partial charge in [-0.15, -0.1) is 0 Å². The molecule has 0 aromatic rings. The third-order valence-electron chi connectivity index (χ3n) is 10.1. The van der Waals surface area contributed by atoms with Gasteiger partial charge < -0.3 is 28.6 Å². The van der Waals surface area contributed by atoms with Gasteiger partial charge in [-0.05, 0) is 77.0 Å². The fourth-order valence-corrected chi connectivity index (χ4v) is 6.53. The van der Waals surface area contributed by atoms with Crippen molar-refractivity contribution in [2.45, 2.75) is 199 Å². The molecule has 8 heteroatoms. The molecule has 0 aliphatic carbocycles. The number of nitrogens with zero attached hydrogens (tertiary/aromatic N) is 1. The van der Waals surface area contributed by atoms with Gasteiger partial charge in [-0.25, -0.2) is 0 Å². The van der Waals surface area contributed by atoms with E-state index in [9.17, 15) is 19.5 Å². The van der Waals surface area contributed by atoms with E-state index in [1.165, 1.54) is 83.5 Å². The number of unbranched alkanes of at least 4 members (excludes halogenated alkanes) is 17. The Balaban J connectivity index is 4.29. The molecule has 0 aliphatic rings. The second kappa shape index (κ2) is 40.8. The van der Waals surface area contributed by atoms with E-state index >= 15 is 0 Å². The quantitative estimate of drug-likeness (QED) is 0.0262. The maximum Gasteiger partial charge on any atom is 0.306 e. The van der Waals surface area contributed by atoms with E-state index in [0.717, 1.165) is 64.2 Å². The van der Waals surface area contributed by atoms with Crippen LogP contribution in [-0.4, -0.2) is 75.5 Å². The van der Waals surface area contributed by atoms with Crippen molar-refractivity contribution in [2.75, 3.05) is 41.0 Å². The zero-order valence-electron chi connectivity index (χ0n) is 37.9. The summed E-state index contributed by atoms with van der Waals surface area (Å²) in [6, 6.07) is -0.736. The van der Waals surface area contributed by atoms with Crippen molar-refractivity contribution >= 4 is 17.9 Å². The second-order valence-electron chi connectivity index (χ2n) is 16.6. The Bertz CT molecular complexity index is 1130. The van der Waals surface area contributed by atoms with E-state index in [-0.39, 0.29) is 49.1 Å². The lowest BCUT2D eigenvalue weighted by atomic mass is 10.1. The summed E-state index contributed by atoms with van der Waals surface area (Å²) >= 11 is 0. The van der Waals surface area contributed by atoms with Crippen LogP contribution in [0.25, 0.3) is 0 Å². The van der Waals surface area contributed by atoms with Crippen molar-refractivity contribution in [1.29, 1.82) is 0 Å². The number of aliphatic carboxylic acids is 1. The third kappa shape index (κ3) is 38.5. The Hall–Kier alpha value is -2.97. The highest BCUT2D eigenvalue weighted by molar-refractivity contribution is 5.70. The summed E-state index contributed by atoms with van der Waals surface area (Å²) in [7, 11) is 5.38. The molecule has 2 atom stereocenters. The van der Waals surface area contributed by atoms with Crippen LogP contribution in [0.1, 0.15) is 187 Å². The predicted octanol–water partition coefficient (Wildman–Crippen LogP) is 11.6. The number of rotatable bonds is 41. The Labute approximate surface area is 356 Å². The molecule has 0 saturated carbocycles. The number of carbonyl (C=O) groups is 3. The van der Waals surface area contributed by atoms with Gasteiger partial charge in [0.05, 0.1) is 40.3 Å². The van der Waals surface area contributed by atoms with Crippen LogP contribution < -0.4 is 5.11 Å². The summed E-state index contributed by atoms with van der Waals surface area (Å²) in [5.41, 5.74) is 0. The fourth-order valence-electron chi connectivity index (χ4n) is 6.53. The number of carboxylic acids is 1. The molecule has 0 N–H and O–H groups in total. The summed E-state index contributed by atoms with van der Waals surface area (Å²) < 4.78 is 17.1. The molecule has 0 bridgehead atoms. The van der Waals surface area contributed by atoms with Gasteiger partial charge in [0.15, 0.2) is 6.10 Å². The standard InChI is InChI=1S/C50H87NO7/c1-6-8-10-12-14-16-18-20-21-22-23-24-25-26-27-28-29-31-32-34-36-38-40-48(52)57-45-46(44-56-43-42-47(50(54)55)51(3,4)5)58-49(53)41-39-37-35-33-30-19-17-15-13-11-9-7-2/h9,11,15,17,22-23,25-26,30,33,46-47H,6-8,10,12-14,16,18-21,24,27-29,31-32,34-45H2,1-5H3/b11-9+,17-15+,23-22+,26-25+,33-30+. The summed E-state index contributed by atoms with van der Waals surface area (Å²) in [6.45, 7) is 4.49. The highest BCUT2D eigenvalue weighted by atomic mass is 16.6. The first-order valence-corrected chi connectivity index (χ1v) is 23.3. The zero-order chi connectivity index (χ0) is 42.8. The van der Waals surface area contributed by atoms with Crippen molar-refractivity contribution in [3.8, 4) is 0 Å². The lowest BCUT2D eigenvalue weighted by Crippen LogP contribution is -2.55. The van der Waals surface area contributed by atoms with E-state index in [0.29, 0.717) is 12.8 Å². The molecule has 0 radical (unpaired) electrons. The van der Waals surface area contributed by atoms with Crippen molar-refractivity contribution in [3.63, 3.8) is 0 Å². The topological polar surface area (TPSA) is 102 Å². The molecule has 0 aromatic heterocycles. The van der Waals surface area contributed by atoms with E-state index in [1.807, 2.05) is 0 Å². The van der Waals surface area contributed by atoms with Gasteiger partial charge in [0.1, 0.15) is 12.6 Å². The second-order valence-corrected chi connectivity index (χ2v) is 16.6. The minimum absolute atomic E-state index is 0.0205. The maximum absolute atomic E-state index is 12.7. The van der Waals surface area contributed by atoms with Gasteiger partial charge in [-0.1, -0.05) is 152 Å². The van der Waals surface area contributed by atoms with E-state index in [1.54, 1.807) is 21.1 Å². The molecule has 0 saturated heterocycles. The number of ether oxygens (including phenoxy) is 3. The van der Waals surface area contributed by atoms with Gasteiger partial charge in [-0.3, -0.25) is 9.59 Å². The zero-order valence-corrected chi connectivity index (χ0v) is 37.9. The van der Waals surface area contributed by atoms with Crippen molar-refractivity contribution in [1.82, 2.24) is 0 Å².